The van der Waals surface area contributed by atoms with E-state index in [0.29, 0.717) is 37.9 Å². The highest BCUT2D eigenvalue weighted by Crippen LogP contribution is 2.48. The maximum Gasteiger partial charge on any atom is 0.422 e. The van der Waals surface area contributed by atoms with Gasteiger partial charge in [-0.3, -0.25) is 0 Å². The van der Waals surface area contributed by atoms with Crippen molar-refractivity contribution in [2.24, 2.45) is 0 Å². The predicted molar refractivity (Wildman–Crippen MR) is 142 cm³/mol. The van der Waals surface area contributed by atoms with Gasteiger partial charge >= 0.3 is 18.2 Å². The Balaban J connectivity index is 1.45. The zero-order valence-corrected chi connectivity index (χ0v) is 22.3. The molecule has 1 aromatic heterocycles. The van der Waals surface area contributed by atoms with Crippen LogP contribution in [0.15, 0.2) is 42.5 Å². The van der Waals surface area contributed by atoms with Crippen LogP contribution in [0.3, 0.4) is 0 Å². The lowest BCUT2D eigenvalue weighted by atomic mass is 10.1. The van der Waals surface area contributed by atoms with Gasteiger partial charge in [0.05, 0.1) is 32.0 Å². The number of benzene rings is 2. The van der Waals surface area contributed by atoms with Gasteiger partial charge in [0.15, 0.2) is 6.61 Å². The number of alkyl halides is 3. The Bertz CT molecular complexity index is 1390. The monoisotopic (exact) mass is 591 g/mol. The summed E-state index contributed by atoms with van der Waals surface area (Å²) in [6, 6.07) is 11.1. The Morgan fingerprint density at radius 3 is 2.24 bits per heavy atom. The van der Waals surface area contributed by atoms with Gasteiger partial charge in [-0.15, -0.1) is 0 Å². The number of aromatic nitrogens is 3. The SMILES string of the molecule is O=C(O)c1ccc2cc1OCCOCCOCCOc1ccc(cc1)C1(CC1)Nc1nc(nc(OCC(F)(F)F)n1)N2. The molecule has 2 aromatic carbocycles. The summed E-state index contributed by atoms with van der Waals surface area (Å²) in [5.41, 5.74) is 0.600. The molecule has 1 saturated carbocycles. The summed E-state index contributed by atoms with van der Waals surface area (Å²) in [6.07, 6.45) is -3.15. The molecule has 224 valence electrons. The summed E-state index contributed by atoms with van der Waals surface area (Å²) in [5.74, 6) is -0.637. The van der Waals surface area contributed by atoms with Crippen LogP contribution in [0.25, 0.3) is 0 Å². The van der Waals surface area contributed by atoms with Gasteiger partial charge in [-0.25, -0.2) is 4.79 Å². The van der Waals surface area contributed by atoms with E-state index in [-0.39, 0.29) is 36.4 Å². The Morgan fingerprint density at radius 1 is 0.905 bits per heavy atom. The Labute approximate surface area is 238 Å². The van der Waals surface area contributed by atoms with Gasteiger partial charge in [-0.2, -0.15) is 28.1 Å². The first-order valence-electron chi connectivity index (χ1n) is 13.1. The highest BCUT2D eigenvalue weighted by molar-refractivity contribution is 5.91. The van der Waals surface area contributed by atoms with Crippen LogP contribution in [0, 0.1) is 0 Å². The van der Waals surface area contributed by atoms with Gasteiger partial charge < -0.3 is 39.4 Å². The van der Waals surface area contributed by atoms with Gasteiger partial charge in [-0.1, -0.05) is 12.1 Å². The molecule has 6 bridgehead atoms. The van der Waals surface area contributed by atoms with Crippen molar-refractivity contribution in [3.8, 4) is 17.5 Å². The highest BCUT2D eigenvalue weighted by Gasteiger charge is 2.45. The van der Waals surface area contributed by atoms with E-state index in [0.717, 1.165) is 18.4 Å². The standard InChI is InChI=1S/C27H28F3N5O7/c28-27(29,30)16-42-25-33-23-31-18-3-6-20(22(36)37)21(15-18)41-14-12-39-10-9-38-11-13-40-19-4-1-17(2-5-19)26(7-8-26)35-24(32-23)34-25/h1-6,15H,7-14,16H2,(H,36,37)(H2,31,32,33,34,35). The van der Waals surface area contributed by atoms with Crippen LogP contribution in [-0.4, -0.2) is 78.5 Å². The van der Waals surface area contributed by atoms with E-state index in [1.54, 1.807) is 0 Å². The molecule has 0 unspecified atom stereocenters. The van der Waals surface area contributed by atoms with Crippen LogP contribution in [0.4, 0.5) is 30.8 Å². The number of hydrogen-bond acceptors (Lipinski definition) is 11. The minimum atomic E-state index is -4.61. The van der Waals surface area contributed by atoms with Crippen molar-refractivity contribution in [2.45, 2.75) is 24.6 Å². The predicted octanol–water partition coefficient (Wildman–Crippen LogP) is 4.16. The van der Waals surface area contributed by atoms with Crippen molar-refractivity contribution in [2.75, 3.05) is 56.9 Å². The van der Waals surface area contributed by atoms with Gasteiger partial charge in [0, 0.05) is 11.8 Å². The molecule has 3 aliphatic rings. The maximum atomic E-state index is 12.9. The Kier molecular flexibility index (Phi) is 8.77. The smallest absolute Gasteiger partial charge is 0.422 e. The quantitative estimate of drug-likeness (QED) is 0.376. The average molecular weight is 592 g/mol. The molecule has 1 aliphatic carbocycles. The largest absolute Gasteiger partial charge is 0.491 e. The molecular formula is C27H28F3N5O7. The first-order chi connectivity index (χ1) is 20.2. The normalized spacial score (nSPS) is 17.2. The topological polar surface area (TPSA) is 146 Å². The summed E-state index contributed by atoms with van der Waals surface area (Å²) in [7, 11) is 0. The van der Waals surface area contributed by atoms with Gasteiger partial charge in [-0.05, 0) is 42.7 Å². The number of rotatable bonds is 3. The van der Waals surface area contributed by atoms with Crippen LogP contribution in [0.1, 0.15) is 28.8 Å². The fraction of sp³-hybridized carbons (Fsp3) is 0.407. The molecule has 2 aliphatic heterocycles. The summed E-state index contributed by atoms with van der Waals surface area (Å²) in [5, 5.41) is 15.7. The molecule has 1 fully saturated rings. The number of aromatic carboxylic acids is 1. The minimum Gasteiger partial charge on any atom is -0.491 e. The number of carboxylic acids is 1. The second-order valence-electron chi connectivity index (χ2n) is 9.46. The van der Waals surface area contributed by atoms with E-state index in [1.807, 2.05) is 24.3 Å². The van der Waals surface area contributed by atoms with Crippen molar-refractivity contribution < 1.29 is 46.8 Å². The van der Waals surface area contributed by atoms with Crippen LogP contribution < -0.4 is 24.8 Å². The lowest BCUT2D eigenvalue weighted by Crippen LogP contribution is -2.23. The number of ether oxygens (including phenoxy) is 5. The molecule has 0 saturated heterocycles. The van der Waals surface area contributed by atoms with Crippen LogP contribution in [0.5, 0.6) is 17.5 Å². The summed E-state index contributed by atoms with van der Waals surface area (Å²) < 4.78 is 65.9. The molecule has 3 heterocycles. The van der Waals surface area contributed by atoms with Crippen molar-refractivity contribution in [3.63, 3.8) is 0 Å². The molecule has 15 heteroatoms. The average Bonchev–Trinajstić information content (AvgIpc) is 3.72. The number of nitrogens with zero attached hydrogens (tertiary/aromatic N) is 3. The number of anilines is 3. The molecule has 42 heavy (non-hydrogen) atoms. The summed E-state index contributed by atoms with van der Waals surface area (Å²) >= 11 is 0. The molecule has 0 radical (unpaired) electrons. The fourth-order valence-electron chi connectivity index (χ4n) is 4.15. The van der Waals surface area contributed by atoms with Gasteiger partial charge in [0.2, 0.25) is 11.9 Å². The number of carbonyl (C=O) groups is 1. The van der Waals surface area contributed by atoms with E-state index < -0.39 is 30.3 Å². The second-order valence-corrected chi connectivity index (χ2v) is 9.46. The zero-order chi connectivity index (χ0) is 29.6. The molecule has 0 atom stereocenters. The van der Waals surface area contributed by atoms with Crippen molar-refractivity contribution in [1.29, 1.82) is 0 Å². The lowest BCUT2D eigenvalue weighted by molar-refractivity contribution is -0.154. The van der Waals surface area contributed by atoms with Crippen LogP contribution >= 0.6 is 0 Å². The van der Waals surface area contributed by atoms with E-state index in [9.17, 15) is 23.1 Å². The number of fused-ring (bicyclic) bond motifs is 11. The molecule has 12 nitrogen and oxygen atoms in total. The number of nitrogens with one attached hydrogen (secondary N) is 2. The maximum absolute atomic E-state index is 12.9. The first-order valence-corrected chi connectivity index (χ1v) is 13.1. The van der Waals surface area contributed by atoms with E-state index in [1.165, 1.54) is 18.2 Å². The third kappa shape index (κ3) is 7.88. The first kappa shape index (κ1) is 29.1. The third-order valence-corrected chi connectivity index (χ3v) is 6.31. The number of hydrogen-bond donors (Lipinski definition) is 3. The van der Waals surface area contributed by atoms with Crippen LogP contribution in [-0.2, 0) is 15.0 Å². The molecule has 6 rings (SSSR count). The lowest BCUT2D eigenvalue weighted by Gasteiger charge is -2.19. The van der Waals surface area contributed by atoms with E-state index >= 15 is 0 Å². The molecule has 1 spiro atoms. The van der Waals surface area contributed by atoms with Gasteiger partial charge in [0.1, 0.15) is 30.3 Å². The molecule has 0 amide bonds. The van der Waals surface area contributed by atoms with E-state index in [4.69, 9.17) is 23.7 Å². The molecule has 3 aromatic rings. The Morgan fingerprint density at radius 2 is 1.57 bits per heavy atom. The zero-order valence-electron chi connectivity index (χ0n) is 22.3. The third-order valence-electron chi connectivity index (χ3n) is 6.31. The highest BCUT2D eigenvalue weighted by atomic mass is 19.4. The van der Waals surface area contributed by atoms with Gasteiger partial charge in [0.25, 0.3) is 0 Å². The van der Waals surface area contributed by atoms with E-state index in [2.05, 4.69) is 25.6 Å². The molecular weight excluding hydrogens is 563 g/mol. The summed E-state index contributed by atoms with van der Waals surface area (Å²) in [6.45, 7) is -0.0246. The fourth-order valence-corrected chi connectivity index (χ4v) is 4.15. The van der Waals surface area contributed by atoms with Crippen molar-refractivity contribution in [3.05, 3.63) is 53.6 Å². The second kappa shape index (κ2) is 12.7. The number of halogens is 3. The summed E-state index contributed by atoms with van der Waals surface area (Å²) in [4.78, 5) is 24.1. The van der Waals surface area contributed by atoms with Crippen molar-refractivity contribution in [1.82, 2.24) is 15.0 Å². The Hall–Kier alpha value is -4.37. The number of carboxylic acid groups (broad SMARTS) is 1. The minimum absolute atomic E-state index is 0.00572. The van der Waals surface area contributed by atoms with Crippen LogP contribution in [0.2, 0.25) is 0 Å². The molecule has 3 N–H and O–H groups in total. The van der Waals surface area contributed by atoms with Crippen molar-refractivity contribution >= 4 is 23.6 Å².